The van der Waals surface area contributed by atoms with Gasteiger partial charge >= 0.3 is 0 Å². The van der Waals surface area contributed by atoms with E-state index in [0.29, 0.717) is 5.13 Å². The lowest BCUT2D eigenvalue weighted by Gasteiger charge is -2.36. The molecule has 1 amide bonds. The predicted molar refractivity (Wildman–Crippen MR) is 91.0 cm³/mol. The van der Waals surface area contributed by atoms with Gasteiger partial charge in [0.05, 0.1) is 16.9 Å². The number of nitrogens with zero attached hydrogens (tertiary/aromatic N) is 3. The third-order valence-corrected chi connectivity index (χ3v) is 7.31. The molecule has 0 atom stereocenters. The van der Waals surface area contributed by atoms with Crippen molar-refractivity contribution in [2.24, 2.45) is 5.92 Å². The first-order valence-corrected chi connectivity index (χ1v) is 10.1. The number of sulfonamides is 1. The molecule has 1 N–H and O–H groups in total. The van der Waals surface area contributed by atoms with Crippen molar-refractivity contribution in [1.82, 2.24) is 14.3 Å². The fourth-order valence-corrected chi connectivity index (χ4v) is 5.23. The summed E-state index contributed by atoms with van der Waals surface area (Å²) in [5.74, 6) is -0.478. The molecule has 2 aromatic heterocycles. The third-order valence-electron chi connectivity index (χ3n) is 4.22. The molecule has 0 bridgehead atoms. The molecule has 7 nitrogen and oxygen atoms in total. The Bertz CT molecular complexity index is 856. The van der Waals surface area contributed by atoms with Crippen molar-refractivity contribution in [2.75, 3.05) is 18.4 Å². The van der Waals surface area contributed by atoms with Crippen molar-refractivity contribution in [3.05, 3.63) is 29.9 Å². The van der Waals surface area contributed by atoms with Crippen molar-refractivity contribution < 1.29 is 13.2 Å². The Labute approximate surface area is 143 Å². The Hall–Kier alpha value is -1.84. The van der Waals surface area contributed by atoms with Gasteiger partial charge in [0.1, 0.15) is 0 Å². The van der Waals surface area contributed by atoms with Gasteiger partial charge in [0.15, 0.2) is 5.13 Å². The van der Waals surface area contributed by atoms with Gasteiger partial charge in [-0.15, -0.1) is 11.3 Å². The molecule has 0 radical (unpaired) electrons. The Kier molecular flexibility index (Phi) is 3.86. The Morgan fingerprint density at radius 1 is 1.33 bits per heavy atom. The van der Waals surface area contributed by atoms with Gasteiger partial charge in [-0.05, 0) is 25.0 Å². The predicted octanol–water partition coefficient (Wildman–Crippen LogP) is 1.57. The van der Waals surface area contributed by atoms with Crippen LogP contribution in [0.3, 0.4) is 0 Å². The summed E-state index contributed by atoms with van der Waals surface area (Å²) in [6, 6.07) is 3.73. The van der Waals surface area contributed by atoms with Crippen LogP contribution in [0.25, 0.3) is 11.3 Å². The van der Waals surface area contributed by atoms with Crippen LogP contribution in [-0.4, -0.2) is 46.9 Å². The number of carbonyl (C=O) groups is 1. The van der Waals surface area contributed by atoms with Crippen LogP contribution in [0.4, 0.5) is 5.13 Å². The molecule has 1 saturated carbocycles. The number of pyridine rings is 1. The van der Waals surface area contributed by atoms with Crippen LogP contribution in [0.5, 0.6) is 0 Å². The molecule has 2 aliphatic rings. The highest BCUT2D eigenvalue weighted by molar-refractivity contribution is 7.90. The summed E-state index contributed by atoms with van der Waals surface area (Å²) in [6.07, 6.45) is 4.89. The maximum absolute atomic E-state index is 12.2. The molecule has 1 aliphatic heterocycles. The molecule has 3 heterocycles. The van der Waals surface area contributed by atoms with Gasteiger partial charge in [0.2, 0.25) is 15.9 Å². The Balaban J connectivity index is 1.35. The average molecular weight is 364 g/mol. The van der Waals surface area contributed by atoms with Gasteiger partial charge in [-0.3, -0.25) is 9.78 Å². The summed E-state index contributed by atoms with van der Waals surface area (Å²) in [5.41, 5.74) is 1.65. The Morgan fingerprint density at radius 2 is 2.12 bits per heavy atom. The van der Waals surface area contributed by atoms with Crippen LogP contribution in [0.15, 0.2) is 29.9 Å². The zero-order valence-electron chi connectivity index (χ0n) is 12.8. The second-order valence-electron chi connectivity index (χ2n) is 6.03. The van der Waals surface area contributed by atoms with Crippen LogP contribution in [0.2, 0.25) is 0 Å². The molecule has 0 unspecified atom stereocenters. The fourth-order valence-electron chi connectivity index (χ4n) is 2.57. The van der Waals surface area contributed by atoms with E-state index in [9.17, 15) is 13.2 Å². The Morgan fingerprint density at radius 3 is 2.79 bits per heavy atom. The van der Waals surface area contributed by atoms with Gasteiger partial charge < -0.3 is 5.32 Å². The summed E-state index contributed by atoms with van der Waals surface area (Å²) in [6.45, 7) is 0.539. The number of rotatable bonds is 5. The van der Waals surface area contributed by atoms with E-state index < -0.39 is 10.0 Å². The fraction of sp³-hybridized carbons (Fsp3) is 0.400. The van der Waals surface area contributed by atoms with Crippen LogP contribution < -0.4 is 5.32 Å². The van der Waals surface area contributed by atoms with Gasteiger partial charge in [0.25, 0.3) is 0 Å². The molecule has 24 heavy (non-hydrogen) atoms. The highest BCUT2D eigenvalue weighted by Crippen LogP contribution is 2.35. The minimum Gasteiger partial charge on any atom is -0.302 e. The summed E-state index contributed by atoms with van der Waals surface area (Å²) >= 11 is 1.34. The lowest BCUT2D eigenvalue weighted by molar-refractivity contribution is -0.122. The SMILES string of the molecule is O=C(Nc1nc(-c2cccnc2)cs1)C1CN(S(=O)(=O)C2CC2)C1. The van der Waals surface area contributed by atoms with E-state index >= 15 is 0 Å². The van der Waals surface area contributed by atoms with Crippen LogP contribution >= 0.6 is 11.3 Å². The summed E-state index contributed by atoms with van der Waals surface area (Å²) in [4.78, 5) is 20.6. The highest BCUT2D eigenvalue weighted by atomic mass is 32.2. The molecule has 9 heteroatoms. The molecule has 0 spiro atoms. The zero-order valence-corrected chi connectivity index (χ0v) is 14.4. The minimum atomic E-state index is -3.17. The molecule has 126 valence electrons. The quantitative estimate of drug-likeness (QED) is 0.869. The molecule has 0 aromatic carbocycles. The van der Waals surface area contributed by atoms with Crippen molar-refractivity contribution >= 4 is 32.4 Å². The number of thiazole rings is 1. The van der Waals surface area contributed by atoms with E-state index in [-0.39, 0.29) is 30.2 Å². The van der Waals surface area contributed by atoms with E-state index in [1.807, 2.05) is 17.5 Å². The highest BCUT2D eigenvalue weighted by Gasteiger charge is 2.46. The molecular weight excluding hydrogens is 348 g/mol. The second kappa shape index (κ2) is 5.91. The number of amides is 1. The smallest absolute Gasteiger partial charge is 0.231 e. The van der Waals surface area contributed by atoms with E-state index in [2.05, 4.69) is 15.3 Å². The number of anilines is 1. The number of nitrogens with one attached hydrogen (secondary N) is 1. The first-order chi connectivity index (χ1) is 11.5. The lowest BCUT2D eigenvalue weighted by Crippen LogP contribution is -2.55. The lowest BCUT2D eigenvalue weighted by atomic mass is 10.0. The first-order valence-electron chi connectivity index (χ1n) is 7.70. The standard InChI is InChI=1S/C15H16N4O3S2/c20-14(11-7-19(8-11)24(21,22)12-3-4-12)18-15-17-13(9-23-15)10-2-1-5-16-6-10/h1-2,5-6,9,11-12H,3-4,7-8H2,(H,17,18,20). The largest absolute Gasteiger partial charge is 0.302 e. The number of aromatic nitrogens is 2. The van der Waals surface area contributed by atoms with Crippen molar-refractivity contribution in [3.63, 3.8) is 0 Å². The molecular formula is C15H16N4O3S2. The van der Waals surface area contributed by atoms with Crippen LogP contribution in [0.1, 0.15) is 12.8 Å². The maximum Gasteiger partial charge on any atom is 0.231 e. The van der Waals surface area contributed by atoms with Crippen LogP contribution in [0, 0.1) is 5.92 Å². The topological polar surface area (TPSA) is 92.3 Å². The molecule has 2 aromatic rings. The van der Waals surface area contributed by atoms with E-state index in [4.69, 9.17) is 0 Å². The summed E-state index contributed by atoms with van der Waals surface area (Å²) < 4.78 is 25.5. The molecule has 2 fully saturated rings. The van der Waals surface area contributed by atoms with Crippen molar-refractivity contribution in [3.8, 4) is 11.3 Å². The minimum absolute atomic E-state index is 0.177. The van der Waals surface area contributed by atoms with E-state index in [1.165, 1.54) is 15.6 Å². The van der Waals surface area contributed by atoms with E-state index in [1.54, 1.807) is 12.4 Å². The maximum atomic E-state index is 12.2. The molecule has 4 rings (SSSR count). The average Bonchev–Trinajstić information content (AvgIpc) is 3.28. The van der Waals surface area contributed by atoms with Gasteiger partial charge in [-0.25, -0.2) is 13.4 Å². The molecule has 1 saturated heterocycles. The van der Waals surface area contributed by atoms with E-state index in [0.717, 1.165) is 24.1 Å². The van der Waals surface area contributed by atoms with Gasteiger partial charge in [-0.2, -0.15) is 4.31 Å². The normalized spacial score (nSPS) is 19.0. The number of carbonyl (C=O) groups excluding carboxylic acids is 1. The van der Waals surface area contributed by atoms with Crippen LogP contribution in [-0.2, 0) is 14.8 Å². The summed E-state index contributed by atoms with van der Waals surface area (Å²) in [5, 5.41) is 4.93. The first kappa shape index (κ1) is 15.7. The molecule has 1 aliphatic carbocycles. The third kappa shape index (κ3) is 2.94. The zero-order chi connectivity index (χ0) is 16.7. The van der Waals surface area contributed by atoms with Crippen molar-refractivity contribution in [1.29, 1.82) is 0 Å². The second-order valence-corrected chi connectivity index (χ2v) is 9.10. The number of hydrogen-bond donors (Lipinski definition) is 1. The summed E-state index contributed by atoms with van der Waals surface area (Å²) in [7, 11) is -3.17. The number of hydrogen-bond acceptors (Lipinski definition) is 6. The van der Waals surface area contributed by atoms with Gasteiger partial charge in [-0.1, -0.05) is 0 Å². The monoisotopic (exact) mass is 364 g/mol. The van der Waals surface area contributed by atoms with Gasteiger partial charge in [0, 0.05) is 36.4 Å². The van der Waals surface area contributed by atoms with Crippen molar-refractivity contribution in [2.45, 2.75) is 18.1 Å².